The molecule has 0 amide bonds. The normalized spacial score (nSPS) is 16.2. The average Bonchev–Trinajstić information content (AvgIpc) is 2.46. The number of rotatable bonds is 4. The lowest BCUT2D eigenvalue weighted by atomic mass is 9.98. The number of ether oxygens (including phenoxy) is 1. The molecule has 1 aliphatic rings. The predicted octanol–water partition coefficient (Wildman–Crippen LogP) is 3.48. The van der Waals surface area contributed by atoms with E-state index in [9.17, 15) is 14.9 Å². The van der Waals surface area contributed by atoms with E-state index in [2.05, 4.69) is 0 Å². The standard InChI is InChI=1S/C15H17NO4/c17-15(20-14-7-2-1-3-8-14)10-9-12-5-4-6-13(11-12)16(18)19/h4-6,9-11,14H,1-3,7-8H2/b10-9+. The molecular formula is C15H17NO4. The third-order valence-electron chi connectivity index (χ3n) is 3.33. The highest BCUT2D eigenvalue weighted by Crippen LogP contribution is 2.20. The van der Waals surface area contributed by atoms with Crippen LogP contribution in [0.2, 0.25) is 0 Å². The highest BCUT2D eigenvalue weighted by molar-refractivity contribution is 5.87. The zero-order valence-electron chi connectivity index (χ0n) is 11.2. The molecule has 1 fully saturated rings. The van der Waals surface area contributed by atoms with E-state index in [1.807, 2.05) is 0 Å². The van der Waals surface area contributed by atoms with E-state index in [0.717, 1.165) is 25.7 Å². The molecule has 106 valence electrons. The van der Waals surface area contributed by atoms with Crippen molar-refractivity contribution in [3.63, 3.8) is 0 Å². The van der Waals surface area contributed by atoms with Crippen molar-refractivity contribution in [1.82, 2.24) is 0 Å². The number of hydrogen-bond donors (Lipinski definition) is 0. The fourth-order valence-electron chi connectivity index (χ4n) is 2.29. The first-order valence-electron chi connectivity index (χ1n) is 6.78. The number of nitro benzene ring substituents is 1. The molecule has 5 nitrogen and oxygen atoms in total. The molecular weight excluding hydrogens is 258 g/mol. The van der Waals surface area contributed by atoms with Gasteiger partial charge in [-0.15, -0.1) is 0 Å². The van der Waals surface area contributed by atoms with Crippen LogP contribution in [-0.2, 0) is 9.53 Å². The van der Waals surface area contributed by atoms with Crippen LogP contribution in [0.25, 0.3) is 6.08 Å². The van der Waals surface area contributed by atoms with E-state index >= 15 is 0 Å². The van der Waals surface area contributed by atoms with Crippen LogP contribution in [0.5, 0.6) is 0 Å². The molecule has 1 aromatic rings. The summed E-state index contributed by atoms with van der Waals surface area (Å²) in [5.74, 6) is -0.386. The molecule has 0 spiro atoms. The van der Waals surface area contributed by atoms with Crippen molar-refractivity contribution in [2.75, 3.05) is 0 Å². The van der Waals surface area contributed by atoms with Gasteiger partial charge < -0.3 is 4.74 Å². The summed E-state index contributed by atoms with van der Waals surface area (Å²) in [5.41, 5.74) is 0.618. The van der Waals surface area contributed by atoms with Gasteiger partial charge in [-0.2, -0.15) is 0 Å². The van der Waals surface area contributed by atoms with Crippen molar-refractivity contribution in [2.24, 2.45) is 0 Å². The Morgan fingerprint density at radius 1 is 1.30 bits per heavy atom. The molecule has 1 saturated carbocycles. The summed E-state index contributed by atoms with van der Waals surface area (Å²) >= 11 is 0. The minimum absolute atomic E-state index is 0.00722. The minimum Gasteiger partial charge on any atom is -0.459 e. The fraction of sp³-hybridized carbons (Fsp3) is 0.400. The summed E-state index contributed by atoms with van der Waals surface area (Å²) in [6.45, 7) is 0. The van der Waals surface area contributed by atoms with Gasteiger partial charge in [0.05, 0.1) is 4.92 Å². The number of nitrogens with zero attached hydrogens (tertiary/aromatic N) is 1. The highest BCUT2D eigenvalue weighted by atomic mass is 16.6. The van der Waals surface area contributed by atoms with E-state index in [0.29, 0.717) is 5.56 Å². The molecule has 0 radical (unpaired) electrons. The summed E-state index contributed by atoms with van der Waals surface area (Å²) < 4.78 is 5.33. The topological polar surface area (TPSA) is 69.4 Å². The Kier molecular flexibility index (Phi) is 4.87. The van der Waals surface area contributed by atoms with Crippen molar-refractivity contribution < 1.29 is 14.5 Å². The van der Waals surface area contributed by atoms with Crippen LogP contribution in [0, 0.1) is 10.1 Å². The van der Waals surface area contributed by atoms with Crippen molar-refractivity contribution >= 4 is 17.7 Å². The molecule has 0 aromatic heterocycles. The van der Waals surface area contributed by atoms with Crippen molar-refractivity contribution in [3.05, 3.63) is 46.0 Å². The first-order chi connectivity index (χ1) is 9.65. The molecule has 20 heavy (non-hydrogen) atoms. The lowest BCUT2D eigenvalue weighted by molar-refractivity contribution is -0.384. The van der Waals surface area contributed by atoms with Crippen molar-refractivity contribution in [2.45, 2.75) is 38.2 Å². The van der Waals surface area contributed by atoms with Gasteiger partial charge in [0, 0.05) is 18.2 Å². The number of hydrogen-bond acceptors (Lipinski definition) is 4. The maximum atomic E-state index is 11.7. The zero-order valence-corrected chi connectivity index (χ0v) is 11.2. The third-order valence-corrected chi connectivity index (χ3v) is 3.33. The Morgan fingerprint density at radius 2 is 2.05 bits per heavy atom. The Bertz CT molecular complexity index is 518. The number of non-ortho nitro benzene ring substituents is 1. The monoisotopic (exact) mass is 275 g/mol. The third kappa shape index (κ3) is 4.19. The number of carbonyl (C=O) groups excluding carboxylic acids is 1. The highest BCUT2D eigenvalue weighted by Gasteiger charge is 2.16. The predicted molar refractivity (Wildman–Crippen MR) is 75.1 cm³/mol. The van der Waals surface area contributed by atoms with Crippen molar-refractivity contribution in [1.29, 1.82) is 0 Å². The molecule has 0 heterocycles. The van der Waals surface area contributed by atoms with Crippen LogP contribution in [0.3, 0.4) is 0 Å². The molecule has 0 atom stereocenters. The number of nitro groups is 1. The lowest BCUT2D eigenvalue weighted by Gasteiger charge is -2.20. The first kappa shape index (κ1) is 14.2. The zero-order chi connectivity index (χ0) is 14.4. The molecule has 0 aliphatic heterocycles. The Morgan fingerprint density at radius 3 is 2.75 bits per heavy atom. The lowest BCUT2D eigenvalue weighted by Crippen LogP contribution is -2.19. The van der Waals surface area contributed by atoms with Crippen LogP contribution in [-0.4, -0.2) is 17.0 Å². The SMILES string of the molecule is O=C(/C=C/c1cccc([N+](=O)[O-])c1)OC1CCCCC1. The summed E-state index contributed by atoms with van der Waals surface area (Å²) in [5, 5.41) is 10.6. The Labute approximate surface area is 117 Å². The second-order valence-corrected chi connectivity index (χ2v) is 4.88. The molecule has 5 heteroatoms. The maximum absolute atomic E-state index is 11.7. The van der Waals surface area contributed by atoms with E-state index in [1.54, 1.807) is 12.1 Å². The summed E-state index contributed by atoms with van der Waals surface area (Å²) in [6.07, 6.45) is 8.15. The molecule has 1 aromatic carbocycles. The average molecular weight is 275 g/mol. The van der Waals surface area contributed by atoms with E-state index in [1.165, 1.54) is 30.7 Å². The molecule has 0 unspecified atom stereocenters. The van der Waals surface area contributed by atoms with E-state index in [-0.39, 0.29) is 17.8 Å². The van der Waals surface area contributed by atoms with Gasteiger partial charge in [0.1, 0.15) is 6.10 Å². The van der Waals surface area contributed by atoms with Crippen LogP contribution in [0.4, 0.5) is 5.69 Å². The summed E-state index contributed by atoms with van der Waals surface area (Å²) in [4.78, 5) is 21.8. The van der Waals surface area contributed by atoms with Gasteiger partial charge in [-0.1, -0.05) is 18.6 Å². The van der Waals surface area contributed by atoms with Gasteiger partial charge in [0.2, 0.25) is 0 Å². The Hall–Kier alpha value is -2.17. The van der Waals surface area contributed by atoms with E-state index in [4.69, 9.17) is 4.74 Å². The van der Waals surface area contributed by atoms with Gasteiger partial charge in [0.15, 0.2) is 0 Å². The summed E-state index contributed by atoms with van der Waals surface area (Å²) in [7, 11) is 0. The summed E-state index contributed by atoms with van der Waals surface area (Å²) in [6, 6.07) is 6.13. The molecule has 0 N–H and O–H groups in total. The van der Waals surface area contributed by atoms with Crippen LogP contribution < -0.4 is 0 Å². The van der Waals surface area contributed by atoms with Gasteiger partial charge in [-0.05, 0) is 37.3 Å². The van der Waals surface area contributed by atoms with Gasteiger partial charge in [0.25, 0.3) is 5.69 Å². The fourth-order valence-corrected chi connectivity index (χ4v) is 2.29. The largest absolute Gasteiger partial charge is 0.459 e. The smallest absolute Gasteiger partial charge is 0.331 e. The molecule has 2 rings (SSSR count). The van der Waals surface area contributed by atoms with Crippen LogP contribution in [0.1, 0.15) is 37.7 Å². The quantitative estimate of drug-likeness (QED) is 0.365. The number of benzene rings is 1. The van der Waals surface area contributed by atoms with Crippen molar-refractivity contribution in [3.8, 4) is 0 Å². The number of esters is 1. The van der Waals surface area contributed by atoms with Gasteiger partial charge in [-0.25, -0.2) is 4.79 Å². The van der Waals surface area contributed by atoms with Crippen LogP contribution >= 0.6 is 0 Å². The Balaban J connectivity index is 1.92. The minimum atomic E-state index is -0.461. The molecule has 0 bridgehead atoms. The first-order valence-corrected chi connectivity index (χ1v) is 6.78. The second-order valence-electron chi connectivity index (χ2n) is 4.88. The van der Waals surface area contributed by atoms with Crippen LogP contribution in [0.15, 0.2) is 30.3 Å². The second kappa shape index (κ2) is 6.84. The van der Waals surface area contributed by atoms with E-state index < -0.39 is 4.92 Å². The molecule has 1 aliphatic carbocycles. The van der Waals surface area contributed by atoms with Gasteiger partial charge in [-0.3, -0.25) is 10.1 Å². The number of carbonyl (C=O) groups is 1. The molecule has 0 saturated heterocycles. The van der Waals surface area contributed by atoms with Gasteiger partial charge >= 0.3 is 5.97 Å². The maximum Gasteiger partial charge on any atom is 0.331 e.